The zero-order chi connectivity index (χ0) is 15.2. The van der Waals surface area contributed by atoms with Gasteiger partial charge in [-0.15, -0.1) is 0 Å². The lowest BCUT2D eigenvalue weighted by molar-refractivity contribution is 0.0697. The fourth-order valence-corrected chi connectivity index (χ4v) is 1.95. The van der Waals surface area contributed by atoms with Crippen LogP contribution in [0.3, 0.4) is 0 Å². The number of hydrogen-bond donors (Lipinski definition) is 2. The van der Waals surface area contributed by atoms with E-state index in [0.717, 1.165) is 29.1 Å². The molecule has 0 fully saturated rings. The highest BCUT2D eigenvalue weighted by atomic mass is 16.5. The number of hydrogen-bond acceptors (Lipinski definition) is 3. The van der Waals surface area contributed by atoms with Gasteiger partial charge in [0.05, 0.1) is 12.2 Å². The van der Waals surface area contributed by atoms with Crippen LogP contribution in [0.25, 0.3) is 0 Å². The first-order valence-corrected chi connectivity index (χ1v) is 6.94. The van der Waals surface area contributed by atoms with E-state index < -0.39 is 5.97 Å². The molecule has 0 bridgehead atoms. The average Bonchev–Trinajstić information content (AvgIpc) is 2.48. The fourth-order valence-electron chi connectivity index (χ4n) is 1.95. The number of aryl methyl sites for hydroxylation is 1. The summed E-state index contributed by atoms with van der Waals surface area (Å²) < 4.78 is 5.53. The van der Waals surface area contributed by atoms with Gasteiger partial charge in [0.1, 0.15) is 5.75 Å². The van der Waals surface area contributed by atoms with E-state index in [9.17, 15) is 4.79 Å². The van der Waals surface area contributed by atoms with Crippen molar-refractivity contribution in [2.75, 3.05) is 11.9 Å². The summed E-state index contributed by atoms with van der Waals surface area (Å²) in [5, 5.41) is 12.2. The summed E-state index contributed by atoms with van der Waals surface area (Å²) in [7, 11) is 0. The molecule has 0 saturated heterocycles. The molecule has 2 N–H and O–H groups in total. The second-order valence-electron chi connectivity index (χ2n) is 4.83. The zero-order valence-corrected chi connectivity index (χ0v) is 12.2. The van der Waals surface area contributed by atoms with Crippen LogP contribution in [0.5, 0.6) is 5.75 Å². The Morgan fingerprint density at radius 2 is 1.90 bits per heavy atom. The molecule has 0 amide bonds. The minimum absolute atomic E-state index is 0.293. The number of anilines is 2. The number of carboxylic acid groups (broad SMARTS) is 1. The maximum atomic E-state index is 10.9. The largest absolute Gasteiger partial charge is 0.494 e. The highest BCUT2D eigenvalue weighted by Gasteiger charge is 2.06. The van der Waals surface area contributed by atoms with Gasteiger partial charge in [0.2, 0.25) is 0 Å². The quantitative estimate of drug-likeness (QED) is 0.834. The maximum absolute atomic E-state index is 10.9. The lowest BCUT2D eigenvalue weighted by Gasteiger charge is -2.11. The Bertz CT molecular complexity index is 620. The second kappa shape index (κ2) is 6.79. The van der Waals surface area contributed by atoms with Gasteiger partial charge in [-0.1, -0.05) is 6.92 Å². The van der Waals surface area contributed by atoms with Gasteiger partial charge in [0.15, 0.2) is 0 Å². The summed E-state index contributed by atoms with van der Waals surface area (Å²) in [6.45, 7) is 4.66. The van der Waals surface area contributed by atoms with Crippen LogP contribution in [0.2, 0.25) is 0 Å². The van der Waals surface area contributed by atoms with Crippen molar-refractivity contribution >= 4 is 17.3 Å². The molecule has 0 spiro atoms. The van der Waals surface area contributed by atoms with Crippen molar-refractivity contribution in [1.29, 1.82) is 0 Å². The van der Waals surface area contributed by atoms with E-state index in [-0.39, 0.29) is 0 Å². The lowest BCUT2D eigenvalue weighted by atomic mass is 10.1. The smallest absolute Gasteiger partial charge is 0.335 e. The lowest BCUT2D eigenvalue weighted by Crippen LogP contribution is -1.99. The maximum Gasteiger partial charge on any atom is 0.335 e. The number of rotatable bonds is 6. The van der Waals surface area contributed by atoms with E-state index in [1.165, 1.54) is 0 Å². The van der Waals surface area contributed by atoms with Crippen LogP contribution in [-0.2, 0) is 0 Å². The van der Waals surface area contributed by atoms with E-state index in [2.05, 4.69) is 12.2 Å². The van der Waals surface area contributed by atoms with Crippen LogP contribution in [-0.4, -0.2) is 17.7 Å². The van der Waals surface area contributed by atoms with Crippen molar-refractivity contribution in [2.24, 2.45) is 0 Å². The summed E-state index contributed by atoms with van der Waals surface area (Å²) in [5.41, 5.74) is 3.01. The minimum Gasteiger partial charge on any atom is -0.494 e. The minimum atomic E-state index is -0.915. The van der Waals surface area contributed by atoms with Crippen molar-refractivity contribution in [3.8, 4) is 5.75 Å². The Kier molecular flexibility index (Phi) is 4.82. The van der Waals surface area contributed by atoms with Crippen molar-refractivity contribution in [3.05, 3.63) is 53.6 Å². The van der Waals surface area contributed by atoms with Gasteiger partial charge in [-0.3, -0.25) is 0 Å². The molecule has 0 aliphatic heterocycles. The fraction of sp³-hybridized carbons (Fsp3) is 0.235. The normalized spacial score (nSPS) is 10.2. The molecule has 0 heterocycles. The van der Waals surface area contributed by atoms with E-state index in [4.69, 9.17) is 9.84 Å². The molecule has 2 rings (SSSR count). The summed E-state index contributed by atoms with van der Waals surface area (Å²) in [4.78, 5) is 10.9. The first-order valence-electron chi connectivity index (χ1n) is 6.94. The van der Waals surface area contributed by atoms with Crippen LogP contribution in [0, 0.1) is 6.92 Å². The number of carbonyl (C=O) groups is 1. The zero-order valence-electron chi connectivity index (χ0n) is 12.2. The monoisotopic (exact) mass is 285 g/mol. The molecular formula is C17H19NO3. The molecule has 0 unspecified atom stereocenters. The van der Waals surface area contributed by atoms with E-state index in [1.54, 1.807) is 18.2 Å². The van der Waals surface area contributed by atoms with E-state index in [0.29, 0.717) is 12.2 Å². The highest BCUT2D eigenvalue weighted by molar-refractivity contribution is 5.88. The standard InChI is InChI=1S/C17H19NO3/c1-3-10-21-15-7-5-14(6-8-15)18-16-9-4-13(17(19)20)11-12(16)2/h4-9,11,18H,3,10H2,1-2H3,(H,19,20). The van der Waals surface area contributed by atoms with Crippen LogP contribution >= 0.6 is 0 Å². The molecule has 0 atom stereocenters. The van der Waals surface area contributed by atoms with Gasteiger partial charge in [0, 0.05) is 11.4 Å². The van der Waals surface area contributed by atoms with E-state index >= 15 is 0 Å². The van der Waals surface area contributed by atoms with Gasteiger partial charge in [-0.25, -0.2) is 4.79 Å². The number of aromatic carboxylic acids is 1. The van der Waals surface area contributed by atoms with Gasteiger partial charge in [0.25, 0.3) is 0 Å². The molecule has 0 saturated carbocycles. The molecule has 0 aliphatic rings. The van der Waals surface area contributed by atoms with Gasteiger partial charge in [-0.05, 0) is 61.4 Å². The highest BCUT2D eigenvalue weighted by Crippen LogP contribution is 2.23. The molecule has 4 nitrogen and oxygen atoms in total. The van der Waals surface area contributed by atoms with Crippen molar-refractivity contribution in [1.82, 2.24) is 0 Å². The molecule has 4 heteroatoms. The molecule has 2 aromatic carbocycles. The first kappa shape index (κ1) is 14.9. The topological polar surface area (TPSA) is 58.6 Å². The third kappa shape index (κ3) is 3.99. The molecular weight excluding hydrogens is 266 g/mol. The number of benzene rings is 2. The predicted octanol–water partition coefficient (Wildman–Crippen LogP) is 4.23. The Labute approximate surface area is 124 Å². The molecule has 21 heavy (non-hydrogen) atoms. The Hall–Kier alpha value is -2.49. The summed E-state index contributed by atoms with van der Waals surface area (Å²) >= 11 is 0. The molecule has 0 aromatic heterocycles. The molecule has 0 radical (unpaired) electrons. The summed E-state index contributed by atoms with van der Waals surface area (Å²) in [6, 6.07) is 12.7. The number of nitrogens with one attached hydrogen (secondary N) is 1. The second-order valence-corrected chi connectivity index (χ2v) is 4.83. The van der Waals surface area contributed by atoms with Crippen LogP contribution in [0.4, 0.5) is 11.4 Å². The summed E-state index contributed by atoms with van der Waals surface area (Å²) in [6.07, 6.45) is 0.981. The van der Waals surface area contributed by atoms with Gasteiger partial charge < -0.3 is 15.2 Å². The van der Waals surface area contributed by atoms with Crippen molar-refractivity contribution in [2.45, 2.75) is 20.3 Å². The van der Waals surface area contributed by atoms with Crippen LogP contribution in [0.15, 0.2) is 42.5 Å². The molecule has 110 valence electrons. The Morgan fingerprint density at radius 3 is 2.48 bits per heavy atom. The Balaban J connectivity index is 2.09. The van der Waals surface area contributed by atoms with Gasteiger partial charge >= 0.3 is 5.97 Å². The van der Waals surface area contributed by atoms with Crippen LogP contribution in [0.1, 0.15) is 29.3 Å². The number of carboxylic acids is 1. The van der Waals surface area contributed by atoms with E-state index in [1.807, 2.05) is 31.2 Å². The molecule has 2 aromatic rings. The predicted molar refractivity (Wildman–Crippen MR) is 83.6 cm³/mol. The van der Waals surface area contributed by atoms with Gasteiger partial charge in [-0.2, -0.15) is 0 Å². The van der Waals surface area contributed by atoms with Crippen molar-refractivity contribution < 1.29 is 14.6 Å². The average molecular weight is 285 g/mol. The molecule has 0 aliphatic carbocycles. The summed E-state index contributed by atoms with van der Waals surface area (Å²) in [5.74, 6) is -0.0672. The first-order chi connectivity index (χ1) is 10.1. The third-order valence-corrected chi connectivity index (χ3v) is 3.08. The third-order valence-electron chi connectivity index (χ3n) is 3.08. The SMILES string of the molecule is CCCOc1ccc(Nc2ccc(C(=O)O)cc2C)cc1. The van der Waals surface area contributed by atoms with Crippen molar-refractivity contribution in [3.63, 3.8) is 0 Å². The Morgan fingerprint density at radius 1 is 1.19 bits per heavy atom. The number of ether oxygens (including phenoxy) is 1. The van der Waals surface area contributed by atoms with Crippen LogP contribution < -0.4 is 10.1 Å².